The topological polar surface area (TPSA) is 84.5 Å². The van der Waals surface area contributed by atoms with Crippen LogP contribution in [0.1, 0.15) is 77.6 Å². The molecule has 7 heteroatoms. The van der Waals surface area contributed by atoms with Gasteiger partial charge in [0.2, 0.25) is 10.0 Å². The fraction of sp³-hybridized carbons (Fsp3) is 0.682. The molecule has 2 fully saturated rings. The lowest BCUT2D eigenvalue weighted by Crippen LogP contribution is -2.43. The number of rotatable bonds is 7. The molecule has 2 aliphatic carbocycles. The van der Waals surface area contributed by atoms with Gasteiger partial charge in [-0.3, -0.25) is 4.79 Å². The first-order chi connectivity index (χ1) is 13.9. The minimum absolute atomic E-state index is 0.0157. The third-order valence-corrected chi connectivity index (χ3v) is 7.48. The molecule has 1 aromatic carbocycles. The predicted octanol–water partition coefficient (Wildman–Crippen LogP) is 3.90. The number of amides is 1. The highest BCUT2D eigenvalue weighted by atomic mass is 32.2. The van der Waals surface area contributed by atoms with E-state index in [-0.39, 0.29) is 22.9 Å². The van der Waals surface area contributed by atoms with Crippen molar-refractivity contribution in [3.8, 4) is 5.75 Å². The van der Waals surface area contributed by atoms with Crippen LogP contribution in [-0.4, -0.2) is 32.5 Å². The Morgan fingerprint density at radius 2 is 1.41 bits per heavy atom. The maximum atomic E-state index is 12.7. The summed E-state index contributed by atoms with van der Waals surface area (Å²) in [5.74, 6) is 0.369. The number of carbonyl (C=O) groups excluding carboxylic acids is 1. The van der Waals surface area contributed by atoms with E-state index in [1.54, 1.807) is 31.2 Å². The molecule has 2 aliphatic rings. The van der Waals surface area contributed by atoms with Gasteiger partial charge in [0, 0.05) is 12.1 Å². The van der Waals surface area contributed by atoms with Gasteiger partial charge in [-0.25, -0.2) is 13.1 Å². The number of sulfonamides is 1. The van der Waals surface area contributed by atoms with E-state index in [0.717, 1.165) is 51.4 Å². The van der Waals surface area contributed by atoms with Crippen molar-refractivity contribution < 1.29 is 17.9 Å². The normalized spacial score (nSPS) is 20.6. The first-order valence-electron chi connectivity index (χ1n) is 11.0. The van der Waals surface area contributed by atoms with Crippen molar-refractivity contribution in [3.63, 3.8) is 0 Å². The third kappa shape index (κ3) is 6.71. The van der Waals surface area contributed by atoms with Crippen molar-refractivity contribution >= 4 is 15.9 Å². The van der Waals surface area contributed by atoms with Gasteiger partial charge < -0.3 is 10.1 Å². The van der Waals surface area contributed by atoms with Gasteiger partial charge in [-0.15, -0.1) is 0 Å². The molecule has 1 aromatic rings. The van der Waals surface area contributed by atoms with Gasteiger partial charge in [-0.1, -0.05) is 44.9 Å². The number of ether oxygens (including phenoxy) is 1. The van der Waals surface area contributed by atoms with Crippen LogP contribution < -0.4 is 14.8 Å². The van der Waals surface area contributed by atoms with E-state index in [0.29, 0.717) is 5.75 Å². The van der Waals surface area contributed by atoms with Crippen molar-refractivity contribution in [1.29, 1.82) is 0 Å². The average molecular weight is 423 g/mol. The molecule has 0 bridgehead atoms. The van der Waals surface area contributed by atoms with Crippen LogP contribution in [0.3, 0.4) is 0 Å². The summed E-state index contributed by atoms with van der Waals surface area (Å²) in [6.07, 6.45) is 11.3. The zero-order chi connectivity index (χ0) is 20.7. The Kier molecular flexibility index (Phi) is 7.95. The Bertz CT molecular complexity index is 750. The van der Waals surface area contributed by atoms with Crippen molar-refractivity contribution in [2.45, 2.75) is 101 Å². The summed E-state index contributed by atoms with van der Waals surface area (Å²) in [6.45, 7) is 1.72. The zero-order valence-corrected chi connectivity index (χ0v) is 18.2. The van der Waals surface area contributed by atoms with Gasteiger partial charge in [-0.2, -0.15) is 0 Å². The average Bonchev–Trinajstić information content (AvgIpc) is 2.97. The van der Waals surface area contributed by atoms with Crippen molar-refractivity contribution in [2.75, 3.05) is 0 Å². The van der Waals surface area contributed by atoms with Crippen molar-refractivity contribution in [3.05, 3.63) is 24.3 Å². The molecule has 6 nitrogen and oxygen atoms in total. The summed E-state index contributed by atoms with van der Waals surface area (Å²) in [4.78, 5) is 12.6. The van der Waals surface area contributed by atoms with Gasteiger partial charge in [0.15, 0.2) is 6.10 Å². The van der Waals surface area contributed by atoms with Crippen LogP contribution >= 0.6 is 0 Å². The molecule has 1 atom stereocenters. The fourth-order valence-electron chi connectivity index (χ4n) is 4.21. The standard InChI is InChI=1S/C22H34N2O4S/c1-17(22(25)23-18-9-7-4-8-10-18)28-20-13-15-21(16-14-20)29(26,27)24-19-11-5-2-3-6-12-19/h13-19,24H,2-12H2,1H3,(H,23,25)/t17-/m0/s1. The molecule has 0 aromatic heterocycles. The molecular weight excluding hydrogens is 388 g/mol. The van der Waals surface area contributed by atoms with Crippen LogP contribution in [0.2, 0.25) is 0 Å². The molecule has 0 radical (unpaired) electrons. The van der Waals surface area contributed by atoms with Crippen LogP contribution in [0, 0.1) is 0 Å². The molecule has 162 valence electrons. The lowest BCUT2D eigenvalue weighted by molar-refractivity contribution is -0.128. The first kappa shape index (κ1) is 22.1. The second-order valence-corrected chi connectivity index (χ2v) is 10.1. The second kappa shape index (κ2) is 10.4. The number of carbonyl (C=O) groups is 1. The smallest absolute Gasteiger partial charge is 0.260 e. The Labute approximate surface area is 174 Å². The van der Waals surface area contributed by atoms with Crippen LogP contribution in [-0.2, 0) is 14.8 Å². The van der Waals surface area contributed by atoms with Gasteiger partial charge in [-0.05, 0) is 56.9 Å². The van der Waals surface area contributed by atoms with E-state index in [1.807, 2.05) is 0 Å². The van der Waals surface area contributed by atoms with E-state index in [4.69, 9.17) is 4.74 Å². The molecule has 0 heterocycles. The molecule has 2 saturated carbocycles. The quantitative estimate of drug-likeness (QED) is 0.653. The highest BCUT2D eigenvalue weighted by Crippen LogP contribution is 2.22. The van der Waals surface area contributed by atoms with Gasteiger partial charge >= 0.3 is 0 Å². The maximum absolute atomic E-state index is 12.7. The summed E-state index contributed by atoms with van der Waals surface area (Å²) < 4.78 is 33.9. The predicted molar refractivity (Wildman–Crippen MR) is 113 cm³/mol. The zero-order valence-electron chi connectivity index (χ0n) is 17.4. The molecule has 3 rings (SSSR count). The Morgan fingerprint density at radius 3 is 2.00 bits per heavy atom. The molecule has 0 spiro atoms. The van der Waals surface area contributed by atoms with E-state index in [1.165, 1.54) is 19.3 Å². The van der Waals surface area contributed by atoms with E-state index in [9.17, 15) is 13.2 Å². The Balaban J connectivity index is 1.53. The van der Waals surface area contributed by atoms with E-state index in [2.05, 4.69) is 10.0 Å². The summed E-state index contributed by atoms with van der Waals surface area (Å²) in [6, 6.07) is 6.57. The van der Waals surface area contributed by atoms with Crippen LogP contribution in [0.4, 0.5) is 0 Å². The molecular formula is C22H34N2O4S. The maximum Gasteiger partial charge on any atom is 0.260 e. The molecule has 29 heavy (non-hydrogen) atoms. The molecule has 2 N–H and O–H groups in total. The van der Waals surface area contributed by atoms with Crippen LogP contribution in [0.25, 0.3) is 0 Å². The third-order valence-electron chi connectivity index (χ3n) is 5.94. The van der Waals surface area contributed by atoms with E-state index >= 15 is 0 Å². The fourth-order valence-corrected chi connectivity index (χ4v) is 5.51. The molecule has 1 amide bonds. The van der Waals surface area contributed by atoms with Crippen molar-refractivity contribution in [2.24, 2.45) is 0 Å². The number of hydrogen-bond donors (Lipinski definition) is 2. The second-order valence-electron chi connectivity index (χ2n) is 8.38. The SMILES string of the molecule is C[C@H](Oc1ccc(S(=O)(=O)NC2CCCCCC2)cc1)C(=O)NC1CCCCC1. The minimum atomic E-state index is -3.54. The summed E-state index contributed by atoms with van der Waals surface area (Å²) in [5.41, 5.74) is 0. The monoisotopic (exact) mass is 422 g/mol. The van der Waals surface area contributed by atoms with Crippen LogP contribution in [0.15, 0.2) is 29.2 Å². The highest BCUT2D eigenvalue weighted by Gasteiger charge is 2.23. The number of benzene rings is 1. The molecule has 0 saturated heterocycles. The lowest BCUT2D eigenvalue weighted by Gasteiger charge is -2.24. The van der Waals surface area contributed by atoms with Crippen LogP contribution in [0.5, 0.6) is 5.75 Å². The van der Waals surface area contributed by atoms with Gasteiger partial charge in [0.1, 0.15) is 5.75 Å². The Morgan fingerprint density at radius 1 is 0.897 bits per heavy atom. The van der Waals surface area contributed by atoms with Gasteiger partial charge in [0.25, 0.3) is 5.91 Å². The lowest BCUT2D eigenvalue weighted by atomic mass is 9.95. The largest absolute Gasteiger partial charge is 0.481 e. The Hall–Kier alpha value is -1.60. The highest BCUT2D eigenvalue weighted by molar-refractivity contribution is 7.89. The molecule has 0 aliphatic heterocycles. The molecule has 0 unspecified atom stereocenters. The van der Waals surface area contributed by atoms with E-state index < -0.39 is 16.1 Å². The number of hydrogen-bond acceptors (Lipinski definition) is 4. The first-order valence-corrected chi connectivity index (χ1v) is 12.5. The summed E-state index contributed by atoms with van der Waals surface area (Å²) >= 11 is 0. The number of nitrogens with one attached hydrogen (secondary N) is 2. The minimum Gasteiger partial charge on any atom is -0.481 e. The summed E-state index contributed by atoms with van der Waals surface area (Å²) in [5, 5.41) is 3.06. The van der Waals surface area contributed by atoms with Gasteiger partial charge in [0.05, 0.1) is 4.90 Å². The summed E-state index contributed by atoms with van der Waals surface area (Å²) in [7, 11) is -3.54. The van der Waals surface area contributed by atoms with Crippen molar-refractivity contribution in [1.82, 2.24) is 10.0 Å².